The molecule has 1 aliphatic rings. The Morgan fingerprint density at radius 3 is 2.50 bits per heavy atom. The van der Waals surface area contributed by atoms with Gasteiger partial charge in [-0.25, -0.2) is 0 Å². The molecule has 0 radical (unpaired) electrons. The van der Waals surface area contributed by atoms with Gasteiger partial charge in [0.25, 0.3) is 0 Å². The molecule has 4 heteroatoms. The van der Waals surface area contributed by atoms with Crippen LogP contribution in [0.3, 0.4) is 0 Å². The van der Waals surface area contributed by atoms with Crippen molar-refractivity contribution in [2.75, 3.05) is 6.54 Å². The number of rotatable bonds is 5. The molecule has 0 aliphatic heterocycles. The zero-order valence-corrected chi connectivity index (χ0v) is 11.5. The van der Waals surface area contributed by atoms with Crippen molar-refractivity contribution in [3.63, 3.8) is 0 Å². The van der Waals surface area contributed by atoms with Gasteiger partial charge in [-0.15, -0.1) is 12.4 Å². The first kappa shape index (κ1) is 15.0. The van der Waals surface area contributed by atoms with E-state index in [2.05, 4.69) is 29.6 Å². The minimum atomic E-state index is -0.0677. The molecule has 0 aromatic heterocycles. The third kappa shape index (κ3) is 3.72. The van der Waals surface area contributed by atoms with Crippen LogP contribution in [0.4, 0.5) is 0 Å². The molecule has 1 fully saturated rings. The zero-order chi connectivity index (χ0) is 12.3. The minimum absolute atomic E-state index is 0. The average molecular weight is 269 g/mol. The molecular weight excluding hydrogens is 248 g/mol. The fourth-order valence-electron chi connectivity index (χ4n) is 2.14. The lowest BCUT2D eigenvalue weighted by Crippen LogP contribution is -2.35. The molecule has 1 aromatic rings. The van der Waals surface area contributed by atoms with Gasteiger partial charge < -0.3 is 11.1 Å². The van der Waals surface area contributed by atoms with Gasteiger partial charge in [-0.2, -0.15) is 0 Å². The third-order valence-corrected chi connectivity index (χ3v) is 3.37. The molecule has 1 saturated carbocycles. The Morgan fingerprint density at radius 2 is 2.00 bits per heavy atom. The summed E-state index contributed by atoms with van der Waals surface area (Å²) >= 11 is 0. The van der Waals surface area contributed by atoms with Gasteiger partial charge in [-0.1, -0.05) is 30.3 Å². The Balaban J connectivity index is 0.00000162. The maximum Gasteiger partial charge on any atom is 0.221 e. The van der Waals surface area contributed by atoms with E-state index in [1.165, 1.54) is 5.56 Å². The lowest BCUT2D eigenvalue weighted by Gasteiger charge is -2.17. The smallest absolute Gasteiger partial charge is 0.221 e. The van der Waals surface area contributed by atoms with Crippen molar-refractivity contribution < 1.29 is 4.79 Å². The zero-order valence-electron chi connectivity index (χ0n) is 10.7. The van der Waals surface area contributed by atoms with Crippen molar-refractivity contribution in [2.24, 2.45) is 5.73 Å². The summed E-state index contributed by atoms with van der Waals surface area (Å²) in [5, 5.41) is 3.00. The van der Waals surface area contributed by atoms with Crippen LogP contribution in [0, 0.1) is 0 Å². The highest BCUT2D eigenvalue weighted by molar-refractivity contribution is 5.85. The van der Waals surface area contributed by atoms with Crippen LogP contribution in [-0.2, 0) is 10.2 Å². The fourth-order valence-corrected chi connectivity index (χ4v) is 2.14. The molecule has 1 amide bonds. The molecule has 0 spiro atoms. The van der Waals surface area contributed by atoms with Crippen LogP contribution in [0.2, 0.25) is 0 Å². The SMILES string of the molecule is CC(N)CC(=O)NCC1(c2ccccc2)CC1.Cl. The molecule has 3 N–H and O–H groups in total. The Hall–Kier alpha value is -1.06. The Morgan fingerprint density at radius 1 is 1.39 bits per heavy atom. The van der Waals surface area contributed by atoms with Crippen molar-refractivity contribution in [2.45, 2.75) is 37.6 Å². The largest absolute Gasteiger partial charge is 0.355 e. The van der Waals surface area contributed by atoms with E-state index < -0.39 is 0 Å². The second kappa shape index (κ2) is 6.21. The monoisotopic (exact) mass is 268 g/mol. The molecule has 1 unspecified atom stereocenters. The quantitative estimate of drug-likeness (QED) is 0.858. The van der Waals surface area contributed by atoms with Crippen LogP contribution in [0.5, 0.6) is 0 Å². The van der Waals surface area contributed by atoms with Crippen LogP contribution >= 0.6 is 12.4 Å². The van der Waals surface area contributed by atoms with Gasteiger partial charge in [-0.05, 0) is 25.3 Å². The summed E-state index contributed by atoms with van der Waals surface area (Å²) < 4.78 is 0. The number of carbonyl (C=O) groups is 1. The second-order valence-electron chi connectivity index (χ2n) is 5.10. The average Bonchev–Trinajstić information content (AvgIpc) is 3.08. The molecule has 1 aromatic carbocycles. The first-order valence-corrected chi connectivity index (χ1v) is 6.20. The molecule has 0 bridgehead atoms. The highest BCUT2D eigenvalue weighted by Gasteiger charge is 2.44. The van der Waals surface area contributed by atoms with Crippen molar-refractivity contribution in [1.29, 1.82) is 0 Å². The van der Waals surface area contributed by atoms with Crippen LogP contribution in [0.1, 0.15) is 31.7 Å². The van der Waals surface area contributed by atoms with Gasteiger partial charge in [0.1, 0.15) is 0 Å². The summed E-state index contributed by atoms with van der Waals surface area (Å²) in [5.41, 5.74) is 7.12. The lowest BCUT2D eigenvalue weighted by atomic mass is 9.96. The van der Waals surface area contributed by atoms with Crippen molar-refractivity contribution in [3.05, 3.63) is 35.9 Å². The van der Waals surface area contributed by atoms with Crippen LogP contribution < -0.4 is 11.1 Å². The number of hydrogen-bond acceptors (Lipinski definition) is 2. The van der Waals surface area contributed by atoms with E-state index in [1.54, 1.807) is 0 Å². The predicted molar refractivity (Wildman–Crippen MR) is 75.9 cm³/mol. The maximum absolute atomic E-state index is 11.6. The maximum atomic E-state index is 11.6. The van der Waals surface area contributed by atoms with Gasteiger partial charge in [0.2, 0.25) is 5.91 Å². The molecule has 100 valence electrons. The van der Waals surface area contributed by atoms with Crippen LogP contribution in [-0.4, -0.2) is 18.5 Å². The number of nitrogens with one attached hydrogen (secondary N) is 1. The molecule has 1 aliphatic carbocycles. The lowest BCUT2D eigenvalue weighted by molar-refractivity contribution is -0.121. The van der Waals surface area contributed by atoms with E-state index in [1.807, 2.05) is 13.0 Å². The standard InChI is InChI=1S/C14H20N2O.ClH/c1-11(15)9-13(17)16-10-14(7-8-14)12-5-3-2-4-6-12;/h2-6,11H,7-10,15H2,1H3,(H,16,17);1H. The van der Waals surface area contributed by atoms with Gasteiger partial charge in [0, 0.05) is 24.4 Å². The van der Waals surface area contributed by atoms with E-state index in [0.717, 1.165) is 19.4 Å². The van der Waals surface area contributed by atoms with E-state index in [4.69, 9.17) is 5.73 Å². The Bertz CT molecular complexity index is 388. The van der Waals surface area contributed by atoms with Gasteiger partial charge >= 0.3 is 0 Å². The fraction of sp³-hybridized carbons (Fsp3) is 0.500. The van der Waals surface area contributed by atoms with Gasteiger partial charge in [0.05, 0.1) is 0 Å². The van der Waals surface area contributed by atoms with Crippen molar-refractivity contribution in [1.82, 2.24) is 5.32 Å². The number of carbonyl (C=O) groups excluding carboxylic acids is 1. The number of nitrogens with two attached hydrogens (primary N) is 1. The van der Waals surface area contributed by atoms with Crippen LogP contribution in [0.25, 0.3) is 0 Å². The third-order valence-electron chi connectivity index (χ3n) is 3.37. The van der Waals surface area contributed by atoms with E-state index >= 15 is 0 Å². The van der Waals surface area contributed by atoms with E-state index in [9.17, 15) is 4.79 Å². The van der Waals surface area contributed by atoms with Crippen LogP contribution in [0.15, 0.2) is 30.3 Å². The number of hydrogen-bond donors (Lipinski definition) is 2. The van der Waals surface area contributed by atoms with E-state index in [-0.39, 0.29) is 29.8 Å². The normalized spacial score (nSPS) is 17.4. The summed E-state index contributed by atoms with van der Waals surface area (Å²) in [6, 6.07) is 10.4. The van der Waals surface area contributed by atoms with Crippen molar-refractivity contribution >= 4 is 18.3 Å². The summed E-state index contributed by atoms with van der Waals surface area (Å²) in [4.78, 5) is 11.6. The summed E-state index contributed by atoms with van der Waals surface area (Å²) in [5.74, 6) is 0.0576. The number of amides is 1. The van der Waals surface area contributed by atoms with Crippen molar-refractivity contribution in [3.8, 4) is 0 Å². The summed E-state index contributed by atoms with van der Waals surface area (Å²) in [6.45, 7) is 2.59. The highest BCUT2D eigenvalue weighted by Crippen LogP contribution is 2.47. The Kier molecular flexibility index (Phi) is 5.17. The number of benzene rings is 1. The first-order valence-electron chi connectivity index (χ1n) is 6.20. The summed E-state index contributed by atoms with van der Waals surface area (Å²) in [7, 11) is 0. The minimum Gasteiger partial charge on any atom is -0.355 e. The van der Waals surface area contributed by atoms with E-state index in [0.29, 0.717) is 6.42 Å². The van der Waals surface area contributed by atoms with Gasteiger partial charge in [-0.3, -0.25) is 4.79 Å². The molecule has 0 heterocycles. The predicted octanol–water partition coefficient (Wildman–Crippen LogP) is 1.99. The topological polar surface area (TPSA) is 55.1 Å². The molecule has 2 rings (SSSR count). The second-order valence-corrected chi connectivity index (χ2v) is 5.10. The Labute approximate surface area is 115 Å². The highest BCUT2D eigenvalue weighted by atomic mass is 35.5. The van der Waals surface area contributed by atoms with Gasteiger partial charge in [0.15, 0.2) is 0 Å². The summed E-state index contributed by atoms with van der Waals surface area (Å²) in [6.07, 6.45) is 2.73. The molecule has 1 atom stereocenters. The molecular formula is C14H21ClN2O. The molecule has 18 heavy (non-hydrogen) atoms. The first-order chi connectivity index (χ1) is 8.12. The molecule has 0 saturated heterocycles. The number of halogens is 1. The molecule has 3 nitrogen and oxygen atoms in total.